The highest BCUT2D eigenvalue weighted by Crippen LogP contribution is 2.19. The molecule has 0 atom stereocenters. The first kappa shape index (κ1) is 18.4. The molecule has 7 heteroatoms. The molecule has 2 rings (SSSR count). The Bertz CT molecular complexity index is 781. The van der Waals surface area contributed by atoms with Gasteiger partial charge in [-0.25, -0.2) is 8.78 Å². The van der Waals surface area contributed by atoms with E-state index in [1.807, 2.05) is 0 Å². The van der Waals surface area contributed by atoms with Crippen LogP contribution in [0.3, 0.4) is 0 Å². The molecule has 0 saturated carbocycles. The van der Waals surface area contributed by atoms with E-state index in [2.05, 4.69) is 5.32 Å². The van der Waals surface area contributed by atoms with Crippen LogP contribution in [0, 0.1) is 11.6 Å². The average Bonchev–Trinajstić information content (AvgIpc) is 2.58. The van der Waals surface area contributed by atoms with Gasteiger partial charge in [-0.2, -0.15) is 0 Å². The molecular formula is C18H18F2N2O3. The lowest BCUT2D eigenvalue weighted by molar-refractivity contribution is -0.117. The minimum absolute atomic E-state index is 0.00418. The molecular weight excluding hydrogens is 330 g/mol. The van der Waals surface area contributed by atoms with Crippen molar-refractivity contribution < 1.29 is 23.1 Å². The standard InChI is InChI=1S/C18H18F2N2O3/c1-12(23)22(14-6-7-16(19)17(20)11-14)9-8-18(24)21-13-4-3-5-15(10-13)25-2/h3-7,10-11H,8-9H2,1-2H3,(H,21,24). The minimum atomic E-state index is -1.05. The maximum absolute atomic E-state index is 13.4. The number of carbonyl (C=O) groups excluding carboxylic acids is 2. The van der Waals surface area contributed by atoms with Crippen molar-refractivity contribution in [3.8, 4) is 5.75 Å². The maximum Gasteiger partial charge on any atom is 0.226 e. The molecule has 0 saturated heterocycles. The summed E-state index contributed by atoms with van der Waals surface area (Å²) in [6, 6.07) is 10.0. The quantitative estimate of drug-likeness (QED) is 0.871. The summed E-state index contributed by atoms with van der Waals surface area (Å²) in [5, 5.41) is 2.69. The van der Waals surface area contributed by atoms with Crippen LogP contribution in [0.4, 0.5) is 20.2 Å². The Morgan fingerprint density at radius 3 is 2.52 bits per heavy atom. The summed E-state index contributed by atoms with van der Waals surface area (Å²) in [5.41, 5.74) is 0.757. The van der Waals surface area contributed by atoms with Crippen LogP contribution in [0.15, 0.2) is 42.5 Å². The second-order valence-electron chi connectivity index (χ2n) is 5.30. The monoisotopic (exact) mass is 348 g/mol. The number of halogens is 2. The normalized spacial score (nSPS) is 10.2. The van der Waals surface area contributed by atoms with Gasteiger partial charge >= 0.3 is 0 Å². The average molecular weight is 348 g/mol. The Morgan fingerprint density at radius 2 is 1.88 bits per heavy atom. The van der Waals surface area contributed by atoms with Crippen LogP contribution in [-0.4, -0.2) is 25.5 Å². The molecule has 0 radical (unpaired) electrons. The van der Waals surface area contributed by atoms with Crippen LogP contribution in [0.5, 0.6) is 5.75 Å². The summed E-state index contributed by atoms with van der Waals surface area (Å²) in [7, 11) is 1.52. The van der Waals surface area contributed by atoms with E-state index >= 15 is 0 Å². The summed E-state index contributed by atoms with van der Waals surface area (Å²) < 4.78 is 31.5. The van der Waals surface area contributed by atoms with Crippen molar-refractivity contribution in [1.29, 1.82) is 0 Å². The molecule has 0 unspecified atom stereocenters. The summed E-state index contributed by atoms with van der Waals surface area (Å²) >= 11 is 0. The third-order valence-corrected chi connectivity index (χ3v) is 3.51. The first-order valence-corrected chi connectivity index (χ1v) is 7.57. The van der Waals surface area contributed by atoms with E-state index in [1.165, 1.54) is 25.0 Å². The zero-order valence-corrected chi connectivity index (χ0v) is 13.9. The fraction of sp³-hybridized carbons (Fsp3) is 0.222. The molecule has 0 fully saturated rings. The number of amides is 2. The zero-order chi connectivity index (χ0) is 18.4. The molecule has 2 aromatic rings. The highest BCUT2D eigenvalue weighted by molar-refractivity contribution is 5.94. The van der Waals surface area contributed by atoms with E-state index < -0.39 is 11.6 Å². The fourth-order valence-electron chi connectivity index (χ4n) is 2.26. The van der Waals surface area contributed by atoms with E-state index in [9.17, 15) is 18.4 Å². The molecule has 1 N–H and O–H groups in total. The highest BCUT2D eigenvalue weighted by atomic mass is 19.2. The molecule has 25 heavy (non-hydrogen) atoms. The summed E-state index contributed by atoms with van der Waals surface area (Å²) in [4.78, 5) is 25.0. The van der Waals surface area contributed by atoms with E-state index in [-0.39, 0.29) is 30.5 Å². The third kappa shape index (κ3) is 5.00. The van der Waals surface area contributed by atoms with Gasteiger partial charge in [0.2, 0.25) is 11.8 Å². The van der Waals surface area contributed by atoms with Crippen molar-refractivity contribution in [2.24, 2.45) is 0 Å². The second kappa shape index (κ2) is 8.23. The first-order valence-electron chi connectivity index (χ1n) is 7.57. The summed E-state index contributed by atoms with van der Waals surface area (Å²) in [5.74, 6) is -2.14. The summed E-state index contributed by atoms with van der Waals surface area (Å²) in [6.45, 7) is 1.33. The van der Waals surface area contributed by atoms with Crippen LogP contribution in [0.2, 0.25) is 0 Å². The predicted octanol–water partition coefficient (Wildman–Crippen LogP) is 3.36. The number of anilines is 2. The lowest BCUT2D eigenvalue weighted by Crippen LogP contribution is -2.32. The van der Waals surface area contributed by atoms with Crippen LogP contribution in [0.25, 0.3) is 0 Å². The van der Waals surface area contributed by atoms with Crippen molar-refractivity contribution in [3.05, 3.63) is 54.1 Å². The Hall–Kier alpha value is -2.96. The minimum Gasteiger partial charge on any atom is -0.497 e. The van der Waals surface area contributed by atoms with Gasteiger partial charge in [-0.15, -0.1) is 0 Å². The van der Waals surface area contributed by atoms with Gasteiger partial charge in [-0.05, 0) is 24.3 Å². The van der Waals surface area contributed by atoms with Gasteiger partial charge in [0.05, 0.1) is 7.11 Å². The Balaban J connectivity index is 2.01. The fourth-order valence-corrected chi connectivity index (χ4v) is 2.26. The molecule has 132 valence electrons. The summed E-state index contributed by atoms with van der Waals surface area (Å²) in [6.07, 6.45) is -0.00418. The Labute approximate surface area is 144 Å². The molecule has 0 aliphatic rings. The van der Waals surface area contributed by atoms with E-state index in [0.29, 0.717) is 11.4 Å². The molecule has 2 amide bonds. The van der Waals surface area contributed by atoms with Gasteiger partial charge in [0, 0.05) is 43.4 Å². The molecule has 0 bridgehead atoms. The van der Waals surface area contributed by atoms with Gasteiger partial charge in [0.25, 0.3) is 0 Å². The van der Waals surface area contributed by atoms with Gasteiger partial charge in [0.1, 0.15) is 5.75 Å². The van der Waals surface area contributed by atoms with Crippen molar-refractivity contribution in [2.75, 3.05) is 23.9 Å². The molecule has 0 heterocycles. The smallest absolute Gasteiger partial charge is 0.226 e. The van der Waals surface area contributed by atoms with Crippen molar-refractivity contribution in [2.45, 2.75) is 13.3 Å². The van der Waals surface area contributed by atoms with Crippen molar-refractivity contribution in [3.63, 3.8) is 0 Å². The van der Waals surface area contributed by atoms with Crippen molar-refractivity contribution >= 4 is 23.2 Å². The number of nitrogens with one attached hydrogen (secondary N) is 1. The first-order chi connectivity index (χ1) is 11.9. The number of ether oxygens (including phenoxy) is 1. The molecule has 0 spiro atoms. The Kier molecular flexibility index (Phi) is 6.05. The largest absolute Gasteiger partial charge is 0.497 e. The van der Waals surface area contributed by atoms with Crippen LogP contribution in [-0.2, 0) is 9.59 Å². The lowest BCUT2D eigenvalue weighted by Gasteiger charge is -2.21. The van der Waals surface area contributed by atoms with Gasteiger partial charge in [0.15, 0.2) is 11.6 Å². The number of nitrogens with zero attached hydrogens (tertiary/aromatic N) is 1. The van der Waals surface area contributed by atoms with Gasteiger partial charge < -0.3 is 15.0 Å². The predicted molar refractivity (Wildman–Crippen MR) is 90.6 cm³/mol. The molecule has 0 aliphatic heterocycles. The SMILES string of the molecule is COc1cccc(NC(=O)CCN(C(C)=O)c2ccc(F)c(F)c2)c1. The zero-order valence-electron chi connectivity index (χ0n) is 13.9. The maximum atomic E-state index is 13.4. The molecule has 5 nitrogen and oxygen atoms in total. The third-order valence-electron chi connectivity index (χ3n) is 3.51. The van der Waals surface area contributed by atoms with Crippen LogP contribution >= 0.6 is 0 Å². The van der Waals surface area contributed by atoms with E-state index in [4.69, 9.17) is 4.74 Å². The highest BCUT2D eigenvalue weighted by Gasteiger charge is 2.15. The lowest BCUT2D eigenvalue weighted by atomic mass is 10.2. The molecule has 0 aromatic heterocycles. The van der Waals surface area contributed by atoms with Crippen LogP contribution < -0.4 is 15.0 Å². The van der Waals surface area contributed by atoms with Gasteiger partial charge in [-0.1, -0.05) is 6.07 Å². The Morgan fingerprint density at radius 1 is 1.12 bits per heavy atom. The number of hydrogen-bond donors (Lipinski definition) is 1. The molecule has 2 aromatic carbocycles. The number of hydrogen-bond acceptors (Lipinski definition) is 3. The molecule has 0 aliphatic carbocycles. The number of rotatable bonds is 6. The van der Waals surface area contributed by atoms with E-state index in [1.54, 1.807) is 24.3 Å². The van der Waals surface area contributed by atoms with Crippen molar-refractivity contribution in [1.82, 2.24) is 0 Å². The van der Waals surface area contributed by atoms with E-state index in [0.717, 1.165) is 12.1 Å². The van der Waals surface area contributed by atoms with Gasteiger partial charge in [-0.3, -0.25) is 9.59 Å². The number of carbonyl (C=O) groups is 2. The topological polar surface area (TPSA) is 58.6 Å². The second-order valence-corrected chi connectivity index (χ2v) is 5.30. The number of methoxy groups -OCH3 is 1. The van der Waals surface area contributed by atoms with Crippen LogP contribution in [0.1, 0.15) is 13.3 Å². The number of benzene rings is 2.